The smallest absolute Gasteiger partial charge is 0.303 e. The molecule has 24 heavy (non-hydrogen) atoms. The fraction of sp³-hybridized carbons (Fsp3) is 0.222. The van der Waals surface area contributed by atoms with Gasteiger partial charge < -0.3 is 20.3 Å². The summed E-state index contributed by atoms with van der Waals surface area (Å²) in [6.07, 6.45) is 8.35. The van der Waals surface area contributed by atoms with Gasteiger partial charge in [0.15, 0.2) is 0 Å². The molecule has 0 heterocycles. The second-order valence-corrected chi connectivity index (χ2v) is 5.24. The number of nitrogens with one attached hydrogen (secondary N) is 1. The third-order valence-electron chi connectivity index (χ3n) is 3.53. The number of carboxylic acids is 1. The molecule has 0 unspecified atom stereocenters. The van der Waals surface area contributed by atoms with Crippen molar-refractivity contribution < 1.29 is 24.5 Å². The minimum Gasteiger partial charge on any atom is -0.507 e. The highest BCUT2D eigenvalue weighted by atomic mass is 16.5. The van der Waals surface area contributed by atoms with E-state index >= 15 is 0 Å². The summed E-state index contributed by atoms with van der Waals surface area (Å²) in [5.41, 5.74) is 1.65. The van der Waals surface area contributed by atoms with Crippen LogP contribution in [0.2, 0.25) is 0 Å². The first-order chi connectivity index (χ1) is 11.5. The molecule has 6 nitrogen and oxygen atoms in total. The predicted molar refractivity (Wildman–Crippen MR) is 88.9 cm³/mol. The van der Waals surface area contributed by atoms with Gasteiger partial charge in [-0.3, -0.25) is 9.59 Å². The van der Waals surface area contributed by atoms with E-state index in [1.807, 2.05) is 12.2 Å². The van der Waals surface area contributed by atoms with Crippen molar-refractivity contribution in [2.75, 3.05) is 7.11 Å². The van der Waals surface area contributed by atoms with Crippen LogP contribution in [0.25, 0.3) is 0 Å². The number of aliphatic carboxylic acids is 1. The maximum absolute atomic E-state index is 12.3. The number of allylic oxidation sites excluding steroid dienone is 5. The van der Waals surface area contributed by atoms with Gasteiger partial charge in [0.05, 0.1) is 12.7 Å². The predicted octanol–water partition coefficient (Wildman–Crippen LogP) is 2.77. The highest BCUT2D eigenvalue weighted by Gasteiger charge is 2.13. The van der Waals surface area contributed by atoms with Crippen molar-refractivity contribution in [3.05, 3.63) is 59.3 Å². The molecule has 1 aliphatic carbocycles. The Morgan fingerprint density at radius 2 is 2.04 bits per heavy atom. The van der Waals surface area contributed by atoms with Gasteiger partial charge >= 0.3 is 5.97 Å². The summed E-state index contributed by atoms with van der Waals surface area (Å²) in [4.78, 5) is 22.9. The Labute approximate surface area is 139 Å². The van der Waals surface area contributed by atoms with Crippen molar-refractivity contribution in [2.24, 2.45) is 0 Å². The molecule has 0 fully saturated rings. The van der Waals surface area contributed by atoms with E-state index in [0.717, 1.165) is 5.57 Å². The highest BCUT2D eigenvalue weighted by Crippen LogP contribution is 2.23. The number of aromatic hydroxyl groups is 1. The lowest BCUT2D eigenvalue weighted by molar-refractivity contribution is -0.136. The van der Waals surface area contributed by atoms with Gasteiger partial charge in [0.2, 0.25) is 0 Å². The fourth-order valence-corrected chi connectivity index (χ4v) is 2.23. The molecule has 0 aromatic heterocycles. The van der Waals surface area contributed by atoms with Crippen LogP contribution in [0.4, 0.5) is 0 Å². The van der Waals surface area contributed by atoms with Crippen LogP contribution in [0, 0.1) is 0 Å². The van der Waals surface area contributed by atoms with Crippen molar-refractivity contribution in [1.82, 2.24) is 5.32 Å². The molecule has 0 spiro atoms. The molecular weight excluding hydrogens is 310 g/mol. The Morgan fingerprint density at radius 3 is 2.71 bits per heavy atom. The maximum Gasteiger partial charge on any atom is 0.303 e. The topological polar surface area (TPSA) is 95.9 Å². The first-order valence-corrected chi connectivity index (χ1v) is 7.47. The molecular formula is C18H19NO5. The van der Waals surface area contributed by atoms with Crippen molar-refractivity contribution in [2.45, 2.75) is 19.3 Å². The summed E-state index contributed by atoms with van der Waals surface area (Å²) >= 11 is 0. The average molecular weight is 329 g/mol. The third kappa shape index (κ3) is 4.74. The number of phenols is 1. The Hall–Kier alpha value is -3.02. The molecule has 1 aromatic rings. The van der Waals surface area contributed by atoms with E-state index in [2.05, 4.69) is 5.32 Å². The largest absolute Gasteiger partial charge is 0.507 e. The Bertz CT molecular complexity index is 731. The van der Waals surface area contributed by atoms with Gasteiger partial charge in [-0.05, 0) is 31.1 Å². The summed E-state index contributed by atoms with van der Waals surface area (Å²) in [6, 6.07) is 4.45. The molecule has 0 saturated carbocycles. The van der Waals surface area contributed by atoms with E-state index in [4.69, 9.17) is 9.84 Å². The van der Waals surface area contributed by atoms with E-state index in [0.29, 0.717) is 24.3 Å². The summed E-state index contributed by atoms with van der Waals surface area (Å²) in [5.74, 6) is -0.972. The van der Waals surface area contributed by atoms with E-state index in [-0.39, 0.29) is 17.7 Å². The van der Waals surface area contributed by atoms with Crippen LogP contribution in [0.15, 0.2) is 53.8 Å². The van der Waals surface area contributed by atoms with Crippen LogP contribution >= 0.6 is 0 Å². The number of phenolic OH excluding ortho intramolecular Hbond substituents is 1. The zero-order valence-electron chi connectivity index (χ0n) is 13.3. The Kier molecular flexibility index (Phi) is 5.78. The number of carbonyl (C=O) groups excluding carboxylic acids is 1. The van der Waals surface area contributed by atoms with Gasteiger partial charge in [0.25, 0.3) is 5.91 Å². The average Bonchev–Trinajstić information content (AvgIpc) is 2.77. The number of carbonyl (C=O) groups is 2. The van der Waals surface area contributed by atoms with Crippen molar-refractivity contribution in [3.63, 3.8) is 0 Å². The molecule has 3 N–H and O–H groups in total. The molecule has 1 amide bonds. The zero-order valence-corrected chi connectivity index (χ0v) is 13.3. The number of hydrogen-bond acceptors (Lipinski definition) is 4. The second-order valence-electron chi connectivity index (χ2n) is 5.24. The molecule has 0 aliphatic heterocycles. The SMILES string of the molecule is COc1ccc(C(=O)NC2=CCC=C(CCC(=O)O)C=C2)c(O)c1. The summed E-state index contributed by atoms with van der Waals surface area (Å²) in [7, 11) is 1.48. The lowest BCUT2D eigenvalue weighted by Gasteiger charge is -2.08. The molecule has 0 bridgehead atoms. The van der Waals surface area contributed by atoms with E-state index in [1.165, 1.54) is 19.2 Å². The van der Waals surface area contributed by atoms with Gasteiger partial charge in [0.1, 0.15) is 11.5 Å². The van der Waals surface area contributed by atoms with Gasteiger partial charge in [-0.2, -0.15) is 0 Å². The van der Waals surface area contributed by atoms with Crippen LogP contribution < -0.4 is 10.1 Å². The van der Waals surface area contributed by atoms with Crippen LogP contribution in [0.3, 0.4) is 0 Å². The fourth-order valence-electron chi connectivity index (χ4n) is 2.23. The lowest BCUT2D eigenvalue weighted by Crippen LogP contribution is -2.21. The third-order valence-corrected chi connectivity index (χ3v) is 3.53. The summed E-state index contributed by atoms with van der Waals surface area (Å²) in [5, 5.41) is 21.3. The Morgan fingerprint density at radius 1 is 1.25 bits per heavy atom. The van der Waals surface area contributed by atoms with Gasteiger partial charge in [-0.1, -0.05) is 23.8 Å². The van der Waals surface area contributed by atoms with E-state index in [1.54, 1.807) is 18.2 Å². The first kappa shape index (κ1) is 17.3. The molecule has 2 rings (SSSR count). The molecule has 0 radical (unpaired) electrons. The molecule has 126 valence electrons. The quantitative estimate of drug-likeness (QED) is 0.746. The number of methoxy groups -OCH3 is 1. The standard InChI is InChI=1S/C18H19NO5/c1-24-14-8-9-15(16(20)11-14)18(23)19-13-4-2-3-12(5-7-13)6-10-17(21)22/h3-5,7-9,11,20H,2,6,10H2,1H3,(H,19,23)(H,21,22). The van der Waals surface area contributed by atoms with Crippen molar-refractivity contribution in [1.29, 1.82) is 0 Å². The van der Waals surface area contributed by atoms with Crippen molar-refractivity contribution >= 4 is 11.9 Å². The number of rotatable bonds is 6. The molecule has 0 atom stereocenters. The van der Waals surface area contributed by atoms with Gasteiger partial charge in [0, 0.05) is 18.2 Å². The summed E-state index contributed by atoms with van der Waals surface area (Å²) < 4.78 is 4.98. The number of amides is 1. The molecule has 1 aromatic carbocycles. The minimum absolute atomic E-state index is 0.0671. The van der Waals surface area contributed by atoms with Crippen LogP contribution in [0.1, 0.15) is 29.6 Å². The second kappa shape index (κ2) is 8.01. The molecule has 1 aliphatic rings. The van der Waals surface area contributed by atoms with Crippen LogP contribution in [-0.2, 0) is 4.79 Å². The zero-order chi connectivity index (χ0) is 17.5. The van der Waals surface area contributed by atoms with Crippen LogP contribution in [-0.4, -0.2) is 29.2 Å². The minimum atomic E-state index is -0.843. The number of ether oxygens (including phenoxy) is 1. The normalized spacial score (nSPS) is 13.5. The van der Waals surface area contributed by atoms with Crippen molar-refractivity contribution in [3.8, 4) is 11.5 Å². The summed E-state index contributed by atoms with van der Waals surface area (Å²) in [6.45, 7) is 0. The van der Waals surface area contributed by atoms with Crippen LogP contribution in [0.5, 0.6) is 11.5 Å². The Balaban J connectivity index is 2.01. The highest BCUT2D eigenvalue weighted by molar-refractivity contribution is 5.98. The van der Waals surface area contributed by atoms with Gasteiger partial charge in [-0.25, -0.2) is 0 Å². The lowest BCUT2D eigenvalue weighted by atomic mass is 10.1. The first-order valence-electron chi connectivity index (χ1n) is 7.47. The molecule has 6 heteroatoms. The van der Waals surface area contributed by atoms with E-state index in [9.17, 15) is 14.7 Å². The maximum atomic E-state index is 12.3. The monoisotopic (exact) mass is 329 g/mol. The number of hydrogen-bond donors (Lipinski definition) is 3. The number of benzene rings is 1. The van der Waals surface area contributed by atoms with Gasteiger partial charge in [-0.15, -0.1) is 0 Å². The van der Waals surface area contributed by atoms with E-state index < -0.39 is 11.9 Å². The molecule has 0 saturated heterocycles. The number of carboxylic acid groups (broad SMARTS) is 1.